The van der Waals surface area contributed by atoms with Gasteiger partial charge in [-0.15, -0.1) is 0 Å². The highest BCUT2D eigenvalue weighted by molar-refractivity contribution is 6.31. The molecule has 26 heavy (non-hydrogen) atoms. The van der Waals surface area contributed by atoms with Crippen LogP contribution in [-0.2, 0) is 6.42 Å². The van der Waals surface area contributed by atoms with Crippen molar-refractivity contribution in [3.63, 3.8) is 0 Å². The third kappa shape index (κ3) is 3.19. The summed E-state index contributed by atoms with van der Waals surface area (Å²) in [6.07, 6.45) is 2.72. The Morgan fingerprint density at radius 1 is 1.35 bits per heavy atom. The number of hydrogen-bond acceptors (Lipinski definition) is 3. The van der Waals surface area contributed by atoms with Gasteiger partial charge in [0.25, 0.3) is 0 Å². The van der Waals surface area contributed by atoms with Gasteiger partial charge in [-0.25, -0.2) is 4.79 Å². The normalized spacial score (nSPS) is 18.4. The number of halogens is 1. The van der Waals surface area contributed by atoms with Gasteiger partial charge in [0.15, 0.2) is 0 Å². The highest BCUT2D eigenvalue weighted by Crippen LogP contribution is 2.38. The molecule has 1 unspecified atom stereocenters. The molecule has 0 bridgehead atoms. The predicted octanol–water partition coefficient (Wildman–Crippen LogP) is 4.65. The van der Waals surface area contributed by atoms with E-state index in [9.17, 15) is 4.79 Å². The van der Waals surface area contributed by atoms with E-state index >= 15 is 0 Å². The number of nitrogens with zero attached hydrogens (tertiary/aromatic N) is 1. The number of ether oxygens (including phenoxy) is 2. The summed E-state index contributed by atoms with van der Waals surface area (Å²) < 4.78 is 11.0. The second-order valence-electron chi connectivity index (χ2n) is 6.60. The van der Waals surface area contributed by atoms with Crippen LogP contribution in [0, 0.1) is 0 Å². The van der Waals surface area contributed by atoms with Crippen LogP contribution in [0.2, 0.25) is 5.02 Å². The lowest BCUT2D eigenvalue weighted by molar-refractivity contribution is 0.207. The fraction of sp³-hybridized carbons (Fsp3) is 0.350. The van der Waals surface area contributed by atoms with Crippen LogP contribution in [0.25, 0.3) is 0 Å². The molecule has 1 saturated heterocycles. The maximum absolute atomic E-state index is 12.9. The van der Waals surface area contributed by atoms with Gasteiger partial charge in [0.2, 0.25) is 0 Å². The summed E-state index contributed by atoms with van der Waals surface area (Å²) in [7, 11) is 1.65. The topological polar surface area (TPSA) is 50.8 Å². The summed E-state index contributed by atoms with van der Waals surface area (Å²) in [5, 5.41) is 3.61. The standard InChI is InChI=1S/C20H21ClN2O3/c1-25-16-5-2-4-13(11-16)18-6-3-8-23(18)20(24)22-17-12-15(21)10-14-7-9-26-19(14)17/h2,4-5,10-12,18H,3,6-9H2,1H3,(H,22,24). The molecule has 2 aliphatic rings. The van der Waals surface area contributed by atoms with Crippen molar-refractivity contribution >= 4 is 23.3 Å². The monoisotopic (exact) mass is 372 g/mol. The van der Waals surface area contributed by atoms with Crippen molar-refractivity contribution in [2.24, 2.45) is 0 Å². The molecule has 2 aromatic carbocycles. The smallest absolute Gasteiger partial charge is 0.322 e. The average Bonchev–Trinajstić information content (AvgIpc) is 3.30. The quantitative estimate of drug-likeness (QED) is 0.853. The van der Waals surface area contributed by atoms with Gasteiger partial charge in [-0.3, -0.25) is 0 Å². The van der Waals surface area contributed by atoms with E-state index in [0.717, 1.165) is 48.4 Å². The number of benzene rings is 2. The molecule has 2 aromatic rings. The van der Waals surface area contributed by atoms with Crippen molar-refractivity contribution in [3.8, 4) is 11.5 Å². The van der Waals surface area contributed by atoms with E-state index < -0.39 is 0 Å². The van der Waals surface area contributed by atoms with E-state index in [0.29, 0.717) is 17.3 Å². The van der Waals surface area contributed by atoms with Crippen LogP contribution in [0.5, 0.6) is 11.5 Å². The van der Waals surface area contributed by atoms with Crippen LogP contribution < -0.4 is 14.8 Å². The fourth-order valence-electron chi connectivity index (χ4n) is 3.75. The van der Waals surface area contributed by atoms with E-state index in [-0.39, 0.29) is 12.1 Å². The van der Waals surface area contributed by atoms with Gasteiger partial charge in [0.1, 0.15) is 11.5 Å². The molecule has 0 radical (unpaired) electrons. The Hall–Kier alpha value is -2.40. The molecule has 4 rings (SSSR count). The lowest BCUT2D eigenvalue weighted by atomic mass is 10.0. The number of fused-ring (bicyclic) bond motifs is 1. The molecule has 1 fully saturated rings. The number of rotatable bonds is 3. The van der Waals surface area contributed by atoms with Crippen LogP contribution in [0.1, 0.15) is 30.0 Å². The first-order chi connectivity index (χ1) is 12.7. The molecule has 0 aliphatic carbocycles. The largest absolute Gasteiger partial charge is 0.497 e. The Labute approximate surface area is 157 Å². The van der Waals surface area contributed by atoms with Gasteiger partial charge in [-0.05, 0) is 42.7 Å². The first-order valence-electron chi connectivity index (χ1n) is 8.82. The number of carbonyl (C=O) groups excluding carboxylic acids is 1. The molecule has 0 spiro atoms. The number of methoxy groups -OCH3 is 1. The minimum absolute atomic E-state index is 0.0400. The van der Waals surface area contributed by atoms with Crippen molar-refractivity contribution in [2.45, 2.75) is 25.3 Å². The molecule has 2 amide bonds. The highest BCUT2D eigenvalue weighted by Gasteiger charge is 2.31. The maximum Gasteiger partial charge on any atom is 0.322 e. The van der Waals surface area contributed by atoms with E-state index in [1.807, 2.05) is 35.2 Å². The number of anilines is 1. The first kappa shape index (κ1) is 17.0. The summed E-state index contributed by atoms with van der Waals surface area (Å²) in [6.45, 7) is 1.34. The molecule has 6 heteroatoms. The summed E-state index contributed by atoms with van der Waals surface area (Å²) in [6, 6.07) is 11.5. The van der Waals surface area contributed by atoms with Gasteiger partial charge in [0.05, 0.1) is 25.4 Å². The Balaban J connectivity index is 1.56. The molecule has 136 valence electrons. The third-order valence-corrected chi connectivity index (χ3v) is 5.20. The summed E-state index contributed by atoms with van der Waals surface area (Å²) >= 11 is 6.20. The van der Waals surface area contributed by atoms with Gasteiger partial charge in [-0.1, -0.05) is 23.7 Å². The molecule has 5 nitrogen and oxygen atoms in total. The van der Waals surface area contributed by atoms with Crippen molar-refractivity contribution in [1.29, 1.82) is 0 Å². The number of hydrogen-bond donors (Lipinski definition) is 1. The summed E-state index contributed by atoms with van der Waals surface area (Å²) in [5.41, 5.74) is 2.77. The Bertz CT molecular complexity index is 840. The van der Waals surface area contributed by atoms with Crippen LogP contribution >= 0.6 is 11.6 Å². The lowest BCUT2D eigenvalue weighted by Gasteiger charge is -2.26. The van der Waals surface area contributed by atoms with Crippen molar-refractivity contribution < 1.29 is 14.3 Å². The van der Waals surface area contributed by atoms with Gasteiger partial charge < -0.3 is 19.7 Å². The molecule has 2 heterocycles. The Morgan fingerprint density at radius 2 is 2.23 bits per heavy atom. The summed E-state index contributed by atoms with van der Waals surface area (Å²) in [4.78, 5) is 14.8. The molecule has 2 aliphatic heterocycles. The minimum Gasteiger partial charge on any atom is -0.497 e. The fourth-order valence-corrected chi connectivity index (χ4v) is 4.00. The van der Waals surface area contributed by atoms with E-state index in [4.69, 9.17) is 21.1 Å². The molecule has 1 N–H and O–H groups in total. The molecule has 0 saturated carbocycles. The minimum atomic E-state index is -0.129. The average molecular weight is 373 g/mol. The Kier molecular flexibility index (Phi) is 4.64. The molecular formula is C20H21ClN2O3. The first-order valence-corrected chi connectivity index (χ1v) is 9.20. The number of urea groups is 1. The highest BCUT2D eigenvalue weighted by atomic mass is 35.5. The second kappa shape index (κ2) is 7.08. The SMILES string of the molecule is COc1cccc(C2CCCN2C(=O)Nc2cc(Cl)cc3c2OCC3)c1. The molecule has 0 aromatic heterocycles. The van der Waals surface area contributed by atoms with E-state index in [2.05, 4.69) is 5.32 Å². The third-order valence-electron chi connectivity index (χ3n) is 4.98. The van der Waals surface area contributed by atoms with Crippen molar-refractivity contribution in [2.75, 3.05) is 25.6 Å². The maximum atomic E-state index is 12.9. The zero-order valence-electron chi connectivity index (χ0n) is 14.6. The van der Waals surface area contributed by atoms with E-state index in [1.165, 1.54) is 0 Å². The lowest BCUT2D eigenvalue weighted by Crippen LogP contribution is -2.34. The van der Waals surface area contributed by atoms with Crippen molar-refractivity contribution in [1.82, 2.24) is 4.90 Å². The molecular weight excluding hydrogens is 352 g/mol. The van der Waals surface area contributed by atoms with Gasteiger partial charge in [-0.2, -0.15) is 0 Å². The Morgan fingerprint density at radius 3 is 3.08 bits per heavy atom. The summed E-state index contributed by atoms with van der Waals surface area (Å²) in [5.74, 6) is 1.54. The number of likely N-dealkylation sites (tertiary alicyclic amines) is 1. The van der Waals surface area contributed by atoms with E-state index in [1.54, 1.807) is 13.2 Å². The van der Waals surface area contributed by atoms with Crippen LogP contribution in [-0.4, -0.2) is 31.2 Å². The second-order valence-corrected chi connectivity index (χ2v) is 7.03. The number of carbonyl (C=O) groups is 1. The van der Waals surface area contributed by atoms with Crippen LogP contribution in [0.3, 0.4) is 0 Å². The van der Waals surface area contributed by atoms with Gasteiger partial charge >= 0.3 is 6.03 Å². The number of amides is 2. The molecule has 1 atom stereocenters. The predicted molar refractivity (Wildman–Crippen MR) is 101 cm³/mol. The van der Waals surface area contributed by atoms with Crippen LogP contribution in [0.15, 0.2) is 36.4 Å². The zero-order chi connectivity index (χ0) is 18.1. The van der Waals surface area contributed by atoms with Crippen molar-refractivity contribution in [3.05, 3.63) is 52.5 Å². The zero-order valence-corrected chi connectivity index (χ0v) is 15.4. The van der Waals surface area contributed by atoms with Gasteiger partial charge in [0, 0.05) is 23.6 Å². The van der Waals surface area contributed by atoms with Crippen LogP contribution in [0.4, 0.5) is 10.5 Å². The number of nitrogens with one attached hydrogen (secondary N) is 1.